The molecule has 0 spiro atoms. The van der Waals surface area contributed by atoms with E-state index in [1.54, 1.807) is 0 Å². The molecule has 0 saturated carbocycles. The van der Waals surface area contributed by atoms with E-state index < -0.39 is 28.4 Å². The molecule has 0 aliphatic carbocycles. The Morgan fingerprint density at radius 1 is 1.42 bits per heavy atom. The van der Waals surface area contributed by atoms with Crippen molar-refractivity contribution in [1.29, 1.82) is 0 Å². The molecule has 0 saturated heterocycles. The van der Waals surface area contributed by atoms with Gasteiger partial charge in [-0.05, 0) is 35.8 Å². The number of rotatable bonds is 8. The zero-order valence-corrected chi connectivity index (χ0v) is 14.5. The number of nitro groups is 1. The second-order valence-electron chi connectivity index (χ2n) is 7.42. The molecule has 0 aromatic heterocycles. The van der Waals surface area contributed by atoms with E-state index in [4.69, 9.17) is 0 Å². The lowest BCUT2D eigenvalue weighted by Crippen LogP contribution is -2.38. The van der Waals surface area contributed by atoms with Crippen molar-refractivity contribution in [3.8, 4) is 0 Å². The Balaban J connectivity index is 2.72. The van der Waals surface area contributed by atoms with Crippen molar-refractivity contribution in [3.05, 3.63) is 39.7 Å². The Morgan fingerprint density at radius 2 is 2.04 bits per heavy atom. The molecule has 7 heteroatoms. The minimum atomic E-state index is -0.965. The van der Waals surface area contributed by atoms with Crippen LogP contribution >= 0.6 is 0 Å². The first-order valence-corrected chi connectivity index (χ1v) is 7.88. The van der Waals surface area contributed by atoms with Gasteiger partial charge in [0.15, 0.2) is 0 Å². The summed E-state index contributed by atoms with van der Waals surface area (Å²) in [5, 5.41) is 23.0. The lowest BCUT2D eigenvalue weighted by atomic mass is 9.83. The summed E-state index contributed by atoms with van der Waals surface area (Å²) in [5.41, 5.74) is -0.0276. The van der Waals surface area contributed by atoms with Crippen LogP contribution < -0.4 is 5.32 Å². The standard InChI is InChI=1S/C17H25FN2O4/c1-11(9-17(2,3)4)7-14(16(21)22)19-10-12-5-6-13(18)15(8-12)20(23)24/h5-6,8,11,14,19H,7,9-10H2,1-4H3,(H,21,22). The highest BCUT2D eigenvalue weighted by molar-refractivity contribution is 5.73. The van der Waals surface area contributed by atoms with Gasteiger partial charge in [0.1, 0.15) is 6.04 Å². The predicted molar refractivity (Wildman–Crippen MR) is 89.2 cm³/mol. The minimum Gasteiger partial charge on any atom is -0.480 e. The molecule has 24 heavy (non-hydrogen) atoms. The van der Waals surface area contributed by atoms with Gasteiger partial charge in [0.2, 0.25) is 5.82 Å². The molecule has 6 nitrogen and oxygen atoms in total. The second-order valence-corrected chi connectivity index (χ2v) is 7.42. The summed E-state index contributed by atoms with van der Waals surface area (Å²) in [7, 11) is 0. The third-order valence-corrected chi connectivity index (χ3v) is 3.66. The highest BCUT2D eigenvalue weighted by Crippen LogP contribution is 2.27. The molecular formula is C17H25FN2O4. The van der Waals surface area contributed by atoms with Crippen LogP contribution in [0.3, 0.4) is 0 Å². The fourth-order valence-corrected chi connectivity index (χ4v) is 2.85. The highest BCUT2D eigenvalue weighted by Gasteiger charge is 2.23. The predicted octanol–water partition coefficient (Wildman–Crippen LogP) is 3.74. The van der Waals surface area contributed by atoms with Crippen LogP contribution in [0.5, 0.6) is 0 Å². The van der Waals surface area contributed by atoms with Gasteiger partial charge in [-0.15, -0.1) is 0 Å². The number of nitrogens with one attached hydrogen (secondary N) is 1. The number of nitro benzene ring substituents is 1. The first-order valence-electron chi connectivity index (χ1n) is 7.88. The summed E-state index contributed by atoms with van der Waals surface area (Å²) in [6.45, 7) is 8.44. The maximum Gasteiger partial charge on any atom is 0.320 e. The van der Waals surface area contributed by atoms with E-state index in [1.807, 2.05) is 6.92 Å². The topological polar surface area (TPSA) is 92.5 Å². The van der Waals surface area contributed by atoms with Gasteiger partial charge in [-0.25, -0.2) is 0 Å². The van der Waals surface area contributed by atoms with E-state index in [1.165, 1.54) is 6.07 Å². The summed E-state index contributed by atoms with van der Waals surface area (Å²) in [6, 6.07) is 2.80. The van der Waals surface area contributed by atoms with Gasteiger partial charge in [0, 0.05) is 12.6 Å². The molecule has 1 rings (SSSR count). The summed E-state index contributed by atoms with van der Waals surface area (Å²) < 4.78 is 13.3. The summed E-state index contributed by atoms with van der Waals surface area (Å²) in [6.07, 6.45) is 1.34. The van der Waals surface area contributed by atoms with Gasteiger partial charge in [0.25, 0.3) is 0 Å². The van der Waals surface area contributed by atoms with Crippen molar-refractivity contribution in [1.82, 2.24) is 5.32 Å². The van der Waals surface area contributed by atoms with Gasteiger partial charge < -0.3 is 10.4 Å². The number of benzene rings is 1. The average Bonchev–Trinajstić information content (AvgIpc) is 2.42. The number of hydrogen-bond donors (Lipinski definition) is 2. The fourth-order valence-electron chi connectivity index (χ4n) is 2.85. The highest BCUT2D eigenvalue weighted by atomic mass is 19.1. The van der Waals surface area contributed by atoms with Gasteiger partial charge in [-0.3, -0.25) is 14.9 Å². The van der Waals surface area contributed by atoms with Crippen molar-refractivity contribution in [2.24, 2.45) is 11.3 Å². The molecular weight excluding hydrogens is 315 g/mol. The van der Waals surface area contributed by atoms with Gasteiger partial charge >= 0.3 is 11.7 Å². The fraction of sp³-hybridized carbons (Fsp3) is 0.588. The minimum absolute atomic E-state index is 0.111. The molecule has 0 amide bonds. The number of nitrogens with zero attached hydrogens (tertiary/aromatic N) is 1. The normalized spacial score (nSPS) is 14.2. The van der Waals surface area contributed by atoms with Crippen molar-refractivity contribution < 1.29 is 19.2 Å². The molecule has 2 atom stereocenters. The zero-order chi connectivity index (χ0) is 18.5. The lowest BCUT2D eigenvalue weighted by molar-refractivity contribution is -0.387. The molecule has 0 radical (unpaired) electrons. The van der Waals surface area contributed by atoms with E-state index in [-0.39, 0.29) is 17.9 Å². The molecule has 2 unspecified atom stereocenters. The van der Waals surface area contributed by atoms with Crippen molar-refractivity contribution in [2.75, 3.05) is 0 Å². The average molecular weight is 340 g/mol. The van der Waals surface area contributed by atoms with Crippen molar-refractivity contribution >= 4 is 11.7 Å². The Labute approximate surface area is 141 Å². The van der Waals surface area contributed by atoms with E-state index in [0.29, 0.717) is 12.0 Å². The maximum atomic E-state index is 13.3. The van der Waals surface area contributed by atoms with E-state index in [0.717, 1.165) is 18.6 Å². The number of aliphatic carboxylic acids is 1. The first-order chi connectivity index (χ1) is 11.0. The maximum absolute atomic E-state index is 13.3. The van der Waals surface area contributed by atoms with Gasteiger partial charge in [-0.1, -0.05) is 33.8 Å². The third kappa shape index (κ3) is 6.62. The molecule has 2 N–H and O–H groups in total. The van der Waals surface area contributed by atoms with Crippen molar-refractivity contribution in [2.45, 2.75) is 53.1 Å². The number of carboxylic acids is 1. The van der Waals surface area contributed by atoms with Crippen LogP contribution in [0.1, 0.15) is 46.1 Å². The number of halogens is 1. The Hall–Kier alpha value is -2.02. The Bertz CT molecular complexity index is 599. The van der Waals surface area contributed by atoms with Crippen molar-refractivity contribution in [3.63, 3.8) is 0 Å². The van der Waals surface area contributed by atoms with Crippen LogP contribution in [0, 0.1) is 27.3 Å². The molecule has 1 aromatic rings. The molecule has 0 fully saturated rings. The summed E-state index contributed by atoms with van der Waals surface area (Å²) >= 11 is 0. The summed E-state index contributed by atoms with van der Waals surface area (Å²) in [4.78, 5) is 21.4. The monoisotopic (exact) mass is 340 g/mol. The largest absolute Gasteiger partial charge is 0.480 e. The van der Waals surface area contributed by atoms with Gasteiger partial charge in [0.05, 0.1) is 4.92 Å². The number of hydrogen-bond acceptors (Lipinski definition) is 4. The van der Waals surface area contributed by atoms with Crippen LogP contribution in [0.15, 0.2) is 18.2 Å². The molecule has 1 aromatic carbocycles. The molecule has 0 heterocycles. The van der Waals surface area contributed by atoms with Crippen LogP contribution in [0.2, 0.25) is 0 Å². The molecule has 0 bridgehead atoms. The smallest absolute Gasteiger partial charge is 0.320 e. The van der Waals surface area contributed by atoms with Crippen LogP contribution in [0.25, 0.3) is 0 Å². The van der Waals surface area contributed by atoms with Crippen LogP contribution in [-0.4, -0.2) is 22.0 Å². The lowest BCUT2D eigenvalue weighted by Gasteiger charge is -2.25. The zero-order valence-electron chi connectivity index (χ0n) is 14.5. The first kappa shape index (κ1) is 20.0. The SMILES string of the molecule is CC(CC(NCc1ccc(F)c([N+](=O)[O-])c1)C(=O)O)CC(C)(C)C. The van der Waals surface area contributed by atoms with E-state index in [9.17, 15) is 24.4 Å². The van der Waals surface area contributed by atoms with Crippen LogP contribution in [0.4, 0.5) is 10.1 Å². The Kier molecular flexibility index (Phi) is 6.83. The second kappa shape index (κ2) is 8.19. The molecule has 0 aliphatic heterocycles. The molecule has 134 valence electrons. The Morgan fingerprint density at radius 3 is 2.54 bits per heavy atom. The summed E-state index contributed by atoms with van der Waals surface area (Å²) in [5.74, 6) is -1.66. The quantitative estimate of drug-likeness (QED) is 0.555. The number of carbonyl (C=O) groups is 1. The number of carboxylic acid groups (broad SMARTS) is 1. The van der Waals surface area contributed by atoms with Crippen LogP contribution in [-0.2, 0) is 11.3 Å². The third-order valence-electron chi connectivity index (χ3n) is 3.66. The molecule has 0 aliphatic rings. The van der Waals surface area contributed by atoms with Gasteiger partial charge in [-0.2, -0.15) is 4.39 Å². The van der Waals surface area contributed by atoms with E-state index >= 15 is 0 Å². The van der Waals surface area contributed by atoms with E-state index in [2.05, 4.69) is 26.1 Å².